The molecule has 2 aromatic carbocycles. The zero-order valence-corrected chi connectivity index (χ0v) is 12.2. The highest BCUT2D eigenvalue weighted by Crippen LogP contribution is 2.40. The second kappa shape index (κ2) is 5.08. The van der Waals surface area contributed by atoms with Gasteiger partial charge in [0.05, 0.1) is 0 Å². The van der Waals surface area contributed by atoms with Crippen LogP contribution in [0.25, 0.3) is 0 Å². The van der Waals surface area contributed by atoms with E-state index >= 15 is 0 Å². The van der Waals surface area contributed by atoms with Crippen molar-refractivity contribution in [3.8, 4) is 11.5 Å². The van der Waals surface area contributed by atoms with Crippen LogP contribution in [0.15, 0.2) is 42.5 Å². The summed E-state index contributed by atoms with van der Waals surface area (Å²) in [5.41, 5.74) is 4.16. The van der Waals surface area contributed by atoms with Crippen LogP contribution in [0.2, 0.25) is 0 Å². The van der Waals surface area contributed by atoms with E-state index in [0.29, 0.717) is 12.8 Å². The van der Waals surface area contributed by atoms with E-state index in [-0.39, 0.29) is 0 Å². The van der Waals surface area contributed by atoms with Crippen LogP contribution < -0.4 is 9.47 Å². The van der Waals surface area contributed by atoms with Gasteiger partial charge in [-0.05, 0) is 48.7 Å². The molecule has 0 radical (unpaired) electrons. The van der Waals surface area contributed by atoms with Gasteiger partial charge in [-0.15, -0.1) is 0 Å². The van der Waals surface area contributed by atoms with Crippen molar-refractivity contribution in [2.45, 2.75) is 18.9 Å². The SMILES string of the molecule is CN1CCc2cc3c(cc2C1Cc1ccccc1)OCO3. The molecule has 2 aromatic rings. The van der Waals surface area contributed by atoms with Gasteiger partial charge in [0.2, 0.25) is 6.79 Å². The minimum Gasteiger partial charge on any atom is -0.454 e. The van der Waals surface area contributed by atoms with E-state index in [9.17, 15) is 0 Å². The highest BCUT2D eigenvalue weighted by molar-refractivity contribution is 5.50. The molecule has 0 aromatic heterocycles. The smallest absolute Gasteiger partial charge is 0.231 e. The summed E-state index contributed by atoms with van der Waals surface area (Å²) in [6, 6.07) is 15.5. The van der Waals surface area contributed by atoms with Crippen LogP contribution in [0, 0.1) is 0 Å². The Morgan fingerprint density at radius 1 is 1.10 bits per heavy atom. The summed E-state index contributed by atoms with van der Waals surface area (Å²) in [7, 11) is 2.21. The second-order valence-electron chi connectivity index (χ2n) is 5.84. The summed E-state index contributed by atoms with van der Waals surface area (Å²) < 4.78 is 11.1. The first-order chi connectivity index (χ1) is 10.3. The molecule has 0 saturated heterocycles. The predicted octanol–water partition coefficient (Wildman–Crippen LogP) is 3.19. The lowest BCUT2D eigenvalue weighted by Crippen LogP contribution is -2.33. The molecule has 21 heavy (non-hydrogen) atoms. The Hall–Kier alpha value is -2.00. The van der Waals surface area contributed by atoms with E-state index in [0.717, 1.165) is 30.9 Å². The van der Waals surface area contributed by atoms with E-state index in [2.05, 4.69) is 54.4 Å². The summed E-state index contributed by atoms with van der Waals surface area (Å²) in [5, 5.41) is 0. The van der Waals surface area contributed by atoms with Crippen molar-refractivity contribution in [3.63, 3.8) is 0 Å². The molecule has 0 aliphatic carbocycles. The van der Waals surface area contributed by atoms with Crippen LogP contribution in [-0.4, -0.2) is 25.3 Å². The molecule has 0 amide bonds. The van der Waals surface area contributed by atoms with Gasteiger partial charge in [-0.25, -0.2) is 0 Å². The topological polar surface area (TPSA) is 21.7 Å². The lowest BCUT2D eigenvalue weighted by molar-refractivity contribution is 0.174. The maximum Gasteiger partial charge on any atom is 0.231 e. The number of nitrogens with zero attached hydrogens (tertiary/aromatic N) is 1. The number of hydrogen-bond donors (Lipinski definition) is 0. The van der Waals surface area contributed by atoms with Gasteiger partial charge in [0, 0.05) is 12.6 Å². The number of ether oxygens (including phenoxy) is 2. The van der Waals surface area contributed by atoms with Crippen molar-refractivity contribution in [2.75, 3.05) is 20.4 Å². The Labute approximate surface area is 125 Å². The number of hydrogen-bond acceptors (Lipinski definition) is 3. The Morgan fingerprint density at radius 3 is 2.67 bits per heavy atom. The highest BCUT2D eigenvalue weighted by atomic mass is 16.7. The first-order valence-corrected chi connectivity index (χ1v) is 7.48. The van der Waals surface area contributed by atoms with Crippen LogP contribution in [0.4, 0.5) is 0 Å². The summed E-state index contributed by atoms with van der Waals surface area (Å²) in [6.45, 7) is 1.43. The third kappa shape index (κ3) is 2.28. The van der Waals surface area contributed by atoms with Crippen molar-refractivity contribution in [3.05, 3.63) is 59.2 Å². The lowest BCUT2D eigenvalue weighted by atomic mass is 9.88. The van der Waals surface area contributed by atoms with Crippen molar-refractivity contribution in [1.82, 2.24) is 4.90 Å². The quantitative estimate of drug-likeness (QED) is 0.844. The molecule has 3 nitrogen and oxygen atoms in total. The molecule has 1 unspecified atom stereocenters. The summed E-state index contributed by atoms with van der Waals surface area (Å²) in [5.74, 6) is 1.79. The van der Waals surface area contributed by atoms with Crippen LogP contribution in [-0.2, 0) is 12.8 Å². The van der Waals surface area contributed by atoms with Gasteiger partial charge < -0.3 is 9.47 Å². The summed E-state index contributed by atoms with van der Waals surface area (Å²) in [6.07, 6.45) is 2.11. The molecule has 2 aliphatic heterocycles. The fourth-order valence-corrected chi connectivity index (χ4v) is 3.32. The maximum absolute atomic E-state index is 5.56. The Morgan fingerprint density at radius 2 is 1.86 bits per heavy atom. The van der Waals surface area contributed by atoms with Crippen molar-refractivity contribution in [1.29, 1.82) is 0 Å². The molecule has 0 spiro atoms. The number of likely N-dealkylation sites (N-methyl/N-ethyl adjacent to an activating group) is 1. The minimum absolute atomic E-state index is 0.345. The van der Waals surface area contributed by atoms with Crippen molar-refractivity contribution >= 4 is 0 Å². The van der Waals surface area contributed by atoms with E-state index in [1.807, 2.05) is 0 Å². The largest absolute Gasteiger partial charge is 0.454 e. The van der Waals surface area contributed by atoms with Gasteiger partial charge in [0.15, 0.2) is 11.5 Å². The fraction of sp³-hybridized carbons (Fsp3) is 0.333. The van der Waals surface area contributed by atoms with Gasteiger partial charge in [-0.3, -0.25) is 4.90 Å². The van der Waals surface area contributed by atoms with E-state index < -0.39 is 0 Å². The fourth-order valence-electron chi connectivity index (χ4n) is 3.32. The maximum atomic E-state index is 5.56. The Kier molecular flexibility index (Phi) is 3.08. The molecule has 0 N–H and O–H groups in total. The molecule has 0 bridgehead atoms. The van der Waals surface area contributed by atoms with Gasteiger partial charge >= 0.3 is 0 Å². The Bertz CT molecular complexity index is 654. The summed E-state index contributed by atoms with van der Waals surface area (Å²) in [4.78, 5) is 2.44. The number of rotatable bonds is 2. The number of fused-ring (bicyclic) bond motifs is 2. The van der Waals surface area contributed by atoms with Gasteiger partial charge in [-0.1, -0.05) is 30.3 Å². The van der Waals surface area contributed by atoms with Crippen LogP contribution in [0.1, 0.15) is 22.7 Å². The zero-order valence-electron chi connectivity index (χ0n) is 12.2. The number of benzene rings is 2. The average Bonchev–Trinajstić information content (AvgIpc) is 2.97. The average molecular weight is 281 g/mol. The third-order valence-electron chi connectivity index (χ3n) is 4.53. The molecular formula is C18H19NO2. The minimum atomic E-state index is 0.345. The van der Waals surface area contributed by atoms with Crippen molar-refractivity contribution < 1.29 is 9.47 Å². The van der Waals surface area contributed by atoms with Crippen LogP contribution >= 0.6 is 0 Å². The molecule has 4 rings (SSSR count). The normalized spacial score (nSPS) is 20.3. The van der Waals surface area contributed by atoms with Gasteiger partial charge in [0.25, 0.3) is 0 Å². The van der Waals surface area contributed by atoms with E-state index in [1.54, 1.807) is 0 Å². The molecule has 1 atom stereocenters. The molecule has 2 aliphatic rings. The third-order valence-corrected chi connectivity index (χ3v) is 4.53. The molecule has 108 valence electrons. The second-order valence-corrected chi connectivity index (χ2v) is 5.84. The van der Waals surface area contributed by atoms with Crippen molar-refractivity contribution in [2.24, 2.45) is 0 Å². The highest BCUT2D eigenvalue weighted by Gasteiger charge is 2.28. The summed E-state index contributed by atoms with van der Waals surface area (Å²) >= 11 is 0. The lowest BCUT2D eigenvalue weighted by Gasteiger charge is -2.35. The molecule has 3 heteroatoms. The standard InChI is InChI=1S/C18H19NO2/c1-19-8-7-14-10-17-18(21-12-20-17)11-15(14)16(19)9-13-5-3-2-4-6-13/h2-6,10-11,16H,7-9,12H2,1H3. The van der Waals surface area contributed by atoms with Crippen LogP contribution in [0.3, 0.4) is 0 Å². The molecular weight excluding hydrogens is 262 g/mol. The molecule has 2 heterocycles. The van der Waals surface area contributed by atoms with Crippen LogP contribution in [0.5, 0.6) is 11.5 Å². The zero-order chi connectivity index (χ0) is 14.2. The van der Waals surface area contributed by atoms with E-state index in [1.165, 1.54) is 16.7 Å². The van der Waals surface area contributed by atoms with Gasteiger partial charge in [-0.2, -0.15) is 0 Å². The molecule has 0 saturated carbocycles. The van der Waals surface area contributed by atoms with Gasteiger partial charge in [0.1, 0.15) is 0 Å². The first-order valence-electron chi connectivity index (χ1n) is 7.48. The first kappa shape index (κ1) is 12.7. The monoisotopic (exact) mass is 281 g/mol. The Balaban J connectivity index is 1.71. The predicted molar refractivity (Wildman–Crippen MR) is 81.8 cm³/mol. The molecule has 0 fully saturated rings. The van der Waals surface area contributed by atoms with E-state index in [4.69, 9.17) is 9.47 Å².